The highest BCUT2D eigenvalue weighted by Crippen LogP contribution is 2.35. The summed E-state index contributed by atoms with van der Waals surface area (Å²) in [6, 6.07) is 6.00. The first-order valence-corrected chi connectivity index (χ1v) is 14.0. The normalized spacial score (nSPS) is 15.8. The second kappa shape index (κ2) is 13.7. The lowest BCUT2D eigenvalue weighted by molar-refractivity contribution is -0.129. The van der Waals surface area contributed by atoms with Crippen molar-refractivity contribution in [2.45, 2.75) is 69.3 Å². The van der Waals surface area contributed by atoms with Gasteiger partial charge in [-0.05, 0) is 70.3 Å². The number of aromatic nitrogens is 2. The molecule has 1 heterocycles. The molecule has 1 unspecified atom stereocenters. The third-order valence-corrected chi connectivity index (χ3v) is 7.48. The van der Waals surface area contributed by atoms with Gasteiger partial charge in [0, 0.05) is 17.9 Å². The second-order valence-electron chi connectivity index (χ2n) is 10.3. The van der Waals surface area contributed by atoms with Crippen molar-refractivity contribution >= 4 is 29.9 Å². The van der Waals surface area contributed by atoms with Crippen molar-refractivity contribution in [3.8, 4) is 5.75 Å². The smallest absolute Gasteiger partial charge is 0.286 e. The number of carbonyl (C=O) groups excluding carboxylic acids is 3. The fraction of sp³-hybridized carbons (Fsp3) is 0.593. The molecule has 1 aliphatic carbocycles. The predicted octanol–water partition coefficient (Wildman–Crippen LogP) is 3.88. The Bertz CT molecular complexity index is 1080. The van der Waals surface area contributed by atoms with Crippen LogP contribution in [0.5, 0.6) is 5.75 Å². The predicted molar refractivity (Wildman–Crippen MR) is 145 cm³/mol. The minimum absolute atomic E-state index is 0.0954. The fourth-order valence-electron chi connectivity index (χ4n) is 4.72. The summed E-state index contributed by atoms with van der Waals surface area (Å²) in [5, 5.41) is 11.5. The standard InChI is InChI=1S/C27H39N5O5S/c1-19(2)16-22(23(34)25-29-30-26(37-25)38-15-14-31(3)4)32(18-33)27(12-7-6-8-13-27)28-24(35)20-10-9-11-21(17-20)36-5/h9-11,17-19,22H,6-8,12-16H2,1-5H3,(H,28,35). The summed E-state index contributed by atoms with van der Waals surface area (Å²) in [5.41, 5.74) is -0.596. The van der Waals surface area contributed by atoms with E-state index in [1.165, 1.54) is 16.7 Å². The number of benzene rings is 1. The van der Waals surface area contributed by atoms with Gasteiger partial charge in [0.25, 0.3) is 17.0 Å². The minimum Gasteiger partial charge on any atom is -0.497 e. The summed E-state index contributed by atoms with van der Waals surface area (Å²) in [6.45, 7) is 4.80. The highest BCUT2D eigenvalue weighted by atomic mass is 32.2. The van der Waals surface area contributed by atoms with E-state index in [1.54, 1.807) is 31.4 Å². The molecule has 2 aromatic rings. The number of nitrogens with zero attached hydrogens (tertiary/aromatic N) is 4. The molecule has 208 valence electrons. The first-order chi connectivity index (χ1) is 18.2. The molecule has 1 saturated carbocycles. The van der Waals surface area contributed by atoms with E-state index in [0.717, 1.165) is 31.6 Å². The van der Waals surface area contributed by atoms with Gasteiger partial charge in [-0.25, -0.2) is 0 Å². The first kappa shape index (κ1) is 29.6. The number of amides is 2. The van der Waals surface area contributed by atoms with Gasteiger partial charge in [-0.1, -0.05) is 38.1 Å². The molecule has 1 aliphatic rings. The SMILES string of the molecule is COc1cccc(C(=O)NC2(N(C=O)C(CC(C)C)C(=O)c3nnc(SCCN(C)C)o3)CCCCC2)c1. The fourth-order valence-corrected chi connectivity index (χ4v) is 5.59. The van der Waals surface area contributed by atoms with Gasteiger partial charge in [-0.3, -0.25) is 14.4 Å². The maximum Gasteiger partial charge on any atom is 0.286 e. The van der Waals surface area contributed by atoms with E-state index in [2.05, 4.69) is 15.5 Å². The molecule has 0 radical (unpaired) electrons. The lowest BCUT2D eigenvalue weighted by atomic mass is 9.84. The highest BCUT2D eigenvalue weighted by Gasteiger charge is 2.45. The monoisotopic (exact) mass is 545 g/mol. The van der Waals surface area contributed by atoms with Crippen LogP contribution in [0.4, 0.5) is 0 Å². The Labute approximate surface area is 228 Å². The lowest BCUT2D eigenvalue weighted by Gasteiger charge is -2.48. The van der Waals surface area contributed by atoms with Gasteiger partial charge in [0.2, 0.25) is 12.2 Å². The summed E-state index contributed by atoms with van der Waals surface area (Å²) in [5.74, 6) is 0.520. The van der Waals surface area contributed by atoms with E-state index in [-0.39, 0.29) is 17.7 Å². The summed E-state index contributed by atoms with van der Waals surface area (Å²) >= 11 is 1.38. The molecule has 0 aliphatic heterocycles. The van der Waals surface area contributed by atoms with Gasteiger partial charge in [0.05, 0.1) is 7.11 Å². The van der Waals surface area contributed by atoms with Gasteiger partial charge in [-0.2, -0.15) is 0 Å². The van der Waals surface area contributed by atoms with Crippen molar-refractivity contribution in [2.24, 2.45) is 5.92 Å². The molecule has 0 saturated heterocycles. The quantitative estimate of drug-likeness (QED) is 0.163. The van der Waals surface area contributed by atoms with Crippen LogP contribution in [0.3, 0.4) is 0 Å². The number of methoxy groups -OCH3 is 1. The second-order valence-corrected chi connectivity index (χ2v) is 11.4. The molecule has 0 spiro atoms. The van der Waals surface area contributed by atoms with E-state index >= 15 is 0 Å². The van der Waals surface area contributed by atoms with Gasteiger partial charge >= 0.3 is 0 Å². The Hall–Kier alpha value is -2.92. The summed E-state index contributed by atoms with van der Waals surface area (Å²) < 4.78 is 11.0. The molecule has 0 bridgehead atoms. The Balaban J connectivity index is 1.90. The zero-order valence-electron chi connectivity index (χ0n) is 22.9. The minimum atomic E-state index is -1.02. The van der Waals surface area contributed by atoms with Crippen LogP contribution in [-0.4, -0.2) is 83.3 Å². The average Bonchev–Trinajstić information content (AvgIpc) is 3.37. The number of ether oxygens (including phenoxy) is 1. The summed E-state index contributed by atoms with van der Waals surface area (Å²) in [4.78, 5) is 43.4. The number of Topliss-reactive ketones (excluding diaryl/α,β-unsaturated/α-hetero) is 1. The number of ketones is 1. The van der Waals surface area contributed by atoms with Crippen LogP contribution in [-0.2, 0) is 4.79 Å². The third kappa shape index (κ3) is 7.57. The van der Waals surface area contributed by atoms with E-state index in [1.807, 2.05) is 32.8 Å². The molecule has 1 atom stereocenters. The summed E-state index contributed by atoms with van der Waals surface area (Å²) in [6.07, 6.45) is 4.78. The summed E-state index contributed by atoms with van der Waals surface area (Å²) in [7, 11) is 5.49. The highest BCUT2D eigenvalue weighted by molar-refractivity contribution is 7.99. The van der Waals surface area contributed by atoms with Crippen molar-refractivity contribution < 1.29 is 23.5 Å². The van der Waals surface area contributed by atoms with Crippen LogP contribution < -0.4 is 10.1 Å². The van der Waals surface area contributed by atoms with Crippen LogP contribution >= 0.6 is 11.8 Å². The zero-order chi connectivity index (χ0) is 27.7. The van der Waals surface area contributed by atoms with Crippen LogP contribution in [0.2, 0.25) is 0 Å². The molecule has 1 aromatic carbocycles. The number of hydrogen-bond acceptors (Lipinski definition) is 9. The molecule has 10 nitrogen and oxygen atoms in total. The van der Waals surface area contributed by atoms with E-state index in [0.29, 0.717) is 42.2 Å². The van der Waals surface area contributed by atoms with Gasteiger partial charge in [-0.15, -0.1) is 10.2 Å². The van der Waals surface area contributed by atoms with Gasteiger partial charge in [0.1, 0.15) is 17.5 Å². The molecule has 38 heavy (non-hydrogen) atoms. The first-order valence-electron chi connectivity index (χ1n) is 13.0. The molecule has 1 aromatic heterocycles. The van der Waals surface area contributed by atoms with E-state index in [4.69, 9.17) is 9.15 Å². The molecule has 2 amide bonds. The number of nitrogens with one attached hydrogen (secondary N) is 1. The molecular weight excluding hydrogens is 506 g/mol. The van der Waals surface area contributed by atoms with Crippen LogP contribution in [0.1, 0.15) is 73.4 Å². The molecular formula is C27H39N5O5S. The molecule has 11 heteroatoms. The van der Waals surface area contributed by atoms with Crippen LogP contribution in [0.25, 0.3) is 0 Å². The maximum absolute atomic E-state index is 13.8. The van der Waals surface area contributed by atoms with Crippen molar-refractivity contribution in [3.63, 3.8) is 0 Å². The van der Waals surface area contributed by atoms with Crippen molar-refractivity contribution in [1.82, 2.24) is 25.3 Å². The number of rotatable bonds is 14. The van der Waals surface area contributed by atoms with Crippen LogP contribution in [0, 0.1) is 5.92 Å². The number of thioether (sulfide) groups is 1. The van der Waals surface area contributed by atoms with E-state index in [9.17, 15) is 14.4 Å². The van der Waals surface area contributed by atoms with Gasteiger partial charge in [0.15, 0.2) is 0 Å². The third-order valence-electron chi connectivity index (χ3n) is 6.68. The Morgan fingerprint density at radius 3 is 2.58 bits per heavy atom. The van der Waals surface area contributed by atoms with Gasteiger partial charge < -0.3 is 24.3 Å². The Morgan fingerprint density at radius 1 is 1.21 bits per heavy atom. The average molecular weight is 546 g/mol. The number of carbonyl (C=O) groups is 3. The largest absolute Gasteiger partial charge is 0.497 e. The lowest BCUT2D eigenvalue weighted by Crippen LogP contribution is -2.65. The topological polar surface area (TPSA) is 118 Å². The molecule has 1 N–H and O–H groups in total. The molecule has 3 rings (SSSR count). The van der Waals surface area contributed by atoms with Crippen molar-refractivity contribution in [2.75, 3.05) is 33.5 Å². The Morgan fingerprint density at radius 2 is 1.95 bits per heavy atom. The Kier molecular flexibility index (Phi) is 10.7. The van der Waals surface area contributed by atoms with E-state index < -0.39 is 17.5 Å². The van der Waals surface area contributed by atoms with Crippen molar-refractivity contribution in [3.05, 3.63) is 35.7 Å². The maximum atomic E-state index is 13.8. The number of hydrogen-bond donors (Lipinski definition) is 1. The van der Waals surface area contributed by atoms with Crippen molar-refractivity contribution in [1.29, 1.82) is 0 Å². The zero-order valence-corrected chi connectivity index (χ0v) is 23.8. The van der Waals surface area contributed by atoms with Crippen LogP contribution in [0.15, 0.2) is 33.9 Å². The molecule has 1 fully saturated rings.